The summed E-state index contributed by atoms with van der Waals surface area (Å²) in [5, 5.41) is 2.40. The summed E-state index contributed by atoms with van der Waals surface area (Å²) in [6.45, 7) is 0. The SMILES string of the molecule is CNC(=O)OC1CCC1. The third-order valence-corrected chi connectivity index (χ3v) is 1.53. The van der Waals surface area contributed by atoms with Crippen LogP contribution in [0.25, 0.3) is 0 Å². The van der Waals surface area contributed by atoms with E-state index >= 15 is 0 Å². The summed E-state index contributed by atoms with van der Waals surface area (Å²) in [5.41, 5.74) is 0. The maximum atomic E-state index is 10.5. The minimum Gasteiger partial charge on any atom is -0.446 e. The molecule has 0 radical (unpaired) electrons. The van der Waals surface area contributed by atoms with Gasteiger partial charge in [-0.25, -0.2) is 4.79 Å². The van der Waals surface area contributed by atoms with E-state index in [1.54, 1.807) is 7.05 Å². The number of hydrogen-bond donors (Lipinski definition) is 1. The van der Waals surface area contributed by atoms with Crippen LogP contribution in [-0.4, -0.2) is 19.2 Å². The van der Waals surface area contributed by atoms with Gasteiger partial charge < -0.3 is 10.1 Å². The lowest BCUT2D eigenvalue weighted by Crippen LogP contribution is -2.30. The molecule has 52 valence electrons. The zero-order valence-electron chi connectivity index (χ0n) is 5.52. The van der Waals surface area contributed by atoms with Crippen molar-refractivity contribution in [2.24, 2.45) is 0 Å². The topological polar surface area (TPSA) is 38.3 Å². The van der Waals surface area contributed by atoms with E-state index in [2.05, 4.69) is 5.32 Å². The highest BCUT2D eigenvalue weighted by atomic mass is 16.6. The maximum absolute atomic E-state index is 10.5. The molecule has 1 rings (SSSR count). The molecule has 0 atom stereocenters. The molecule has 1 aliphatic rings. The zero-order valence-corrected chi connectivity index (χ0v) is 5.52. The van der Waals surface area contributed by atoms with Crippen LogP contribution in [0.5, 0.6) is 0 Å². The monoisotopic (exact) mass is 129 g/mol. The predicted octanol–water partition coefficient (Wildman–Crippen LogP) is 0.895. The minimum atomic E-state index is -0.306. The van der Waals surface area contributed by atoms with Crippen LogP contribution in [0.1, 0.15) is 19.3 Å². The van der Waals surface area contributed by atoms with Gasteiger partial charge in [0.15, 0.2) is 0 Å². The first-order valence-corrected chi connectivity index (χ1v) is 3.21. The van der Waals surface area contributed by atoms with E-state index in [1.165, 1.54) is 6.42 Å². The molecule has 0 aromatic carbocycles. The summed E-state index contributed by atoms with van der Waals surface area (Å²) < 4.78 is 4.89. The van der Waals surface area contributed by atoms with E-state index < -0.39 is 0 Å². The highest BCUT2D eigenvalue weighted by Crippen LogP contribution is 2.21. The third-order valence-electron chi connectivity index (χ3n) is 1.53. The van der Waals surface area contributed by atoms with Crippen LogP contribution in [-0.2, 0) is 4.74 Å². The fourth-order valence-electron chi connectivity index (χ4n) is 0.699. The van der Waals surface area contributed by atoms with E-state index in [0.717, 1.165) is 12.8 Å². The molecule has 0 unspecified atom stereocenters. The number of ether oxygens (including phenoxy) is 1. The molecule has 1 fully saturated rings. The first kappa shape index (κ1) is 6.39. The first-order chi connectivity index (χ1) is 4.33. The highest BCUT2D eigenvalue weighted by Gasteiger charge is 2.20. The quantitative estimate of drug-likeness (QED) is 0.571. The van der Waals surface area contributed by atoms with Gasteiger partial charge in [-0.2, -0.15) is 0 Å². The molecule has 0 aromatic rings. The van der Waals surface area contributed by atoms with Gasteiger partial charge in [-0.3, -0.25) is 0 Å². The molecular formula is C6H11NO2. The molecule has 0 aromatic heterocycles. The smallest absolute Gasteiger partial charge is 0.407 e. The average molecular weight is 129 g/mol. The summed E-state index contributed by atoms with van der Waals surface area (Å²) in [4.78, 5) is 10.5. The van der Waals surface area contributed by atoms with Crippen molar-refractivity contribution in [2.45, 2.75) is 25.4 Å². The lowest BCUT2D eigenvalue weighted by molar-refractivity contribution is 0.0538. The molecule has 0 saturated heterocycles. The summed E-state index contributed by atoms with van der Waals surface area (Å²) >= 11 is 0. The van der Waals surface area contributed by atoms with Crippen molar-refractivity contribution < 1.29 is 9.53 Å². The Morgan fingerprint density at radius 3 is 2.67 bits per heavy atom. The zero-order chi connectivity index (χ0) is 6.69. The first-order valence-electron chi connectivity index (χ1n) is 3.21. The van der Waals surface area contributed by atoms with Crippen molar-refractivity contribution in [3.05, 3.63) is 0 Å². The Bertz CT molecular complexity index is 110. The standard InChI is InChI=1S/C6H11NO2/c1-7-6(8)9-5-3-2-4-5/h5H,2-4H2,1H3,(H,7,8). The molecule has 0 bridgehead atoms. The van der Waals surface area contributed by atoms with Crippen LogP contribution < -0.4 is 5.32 Å². The normalized spacial score (nSPS) is 18.3. The average Bonchev–Trinajstić information content (AvgIpc) is 1.78. The molecule has 1 aliphatic carbocycles. The largest absolute Gasteiger partial charge is 0.446 e. The molecule has 0 heterocycles. The van der Waals surface area contributed by atoms with Crippen LogP contribution in [0.2, 0.25) is 0 Å². The van der Waals surface area contributed by atoms with Crippen LogP contribution in [0.3, 0.4) is 0 Å². The molecule has 1 amide bonds. The second-order valence-electron chi connectivity index (χ2n) is 2.21. The van der Waals surface area contributed by atoms with Crippen molar-refractivity contribution in [3.63, 3.8) is 0 Å². The molecular weight excluding hydrogens is 118 g/mol. The van der Waals surface area contributed by atoms with Crippen LogP contribution in [0.4, 0.5) is 4.79 Å². The molecule has 1 saturated carbocycles. The number of alkyl carbamates (subject to hydrolysis) is 1. The van der Waals surface area contributed by atoms with Crippen LogP contribution in [0, 0.1) is 0 Å². The lowest BCUT2D eigenvalue weighted by Gasteiger charge is -2.24. The van der Waals surface area contributed by atoms with Crippen molar-refractivity contribution in [1.82, 2.24) is 5.32 Å². The van der Waals surface area contributed by atoms with Gasteiger partial charge in [-0.15, -0.1) is 0 Å². The molecule has 9 heavy (non-hydrogen) atoms. The summed E-state index contributed by atoms with van der Waals surface area (Å²) in [6, 6.07) is 0. The Morgan fingerprint density at radius 1 is 1.67 bits per heavy atom. The number of nitrogens with one attached hydrogen (secondary N) is 1. The number of carbonyl (C=O) groups excluding carboxylic acids is 1. The molecule has 3 nitrogen and oxygen atoms in total. The number of carbonyl (C=O) groups is 1. The Labute approximate surface area is 54.4 Å². The van der Waals surface area contributed by atoms with Gasteiger partial charge in [0.25, 0.3) is 0 Å². The van der Waals surface area contributed by atoms with Crippen LogP contribution >= 0.6 is 0 Å². The fourth-order valence-corrected chi connectivity index (χ4v) is 0.699. The Balaban J connectivity index is 2.09. The van der Waals surface area contributed by atoms with Crippen molar-refractivity contribution in [2.75, 3.05) is 7.05 Å². The fraction of sp³-hybridized carbons (Fsp3) is 0.833. The van der Waals surface area contributed by atoms with E-state index in [0.29, 0.717) is 0 Å². The maximum Gasteiger partial charge on any atom is 0.407 e. The van der Waals surface area contributed by atoms with E-state index in [9.17, 15) is 4.79 Å². The van der Waals surface area contributed by atoms with Gasteiger partial charge >= 0.3 is 6.09 Å². The summed E-state index contributed by atoms with van der Waals surface area (Å²) in [6.07, 6.45) is 3.16. The van der Waals surface area contributed by atoms with Crippen LogP contribution in [0.15, 0.2) is 0 Å². The minimum absolute atomic E-state index is 0.199. The number of rotatable bonds is 1. The molecule has 0 spiro atoms. The molecule has 1 N–H and O–H groups in total. The van der Waals surface area contributed by atoms with Crippen molar-refractivity contribution in [3.8, 4) is 0 Å². The van der Waals surface area contributed by atoms with E-state index in [4.69, 9.17) is 4.74 Å². The van der Waals surface area contributed by atoms with Gasteiger partial charge in [-0.1, -0.05) is 0 Å². The van der Waals surface area contributed by atoms with E-state index in [-0.39, 0.29) is 12.2 Å². The molecule has 3 heteroatoms. The Hall–Kier alpha value is -0.730. The van der Waals surface area contributed by atoms with Crippen molar-refractivity contribution >= 4 is 6.09 Å². The lowest BCUT2D eigenvalue weighted by atomic mass is 9.96. The summed E-state index contributed by atoms with van der Waals surface area (Å²) in [5.74, 6) is 0. The number of amides is 1. The van der Waals surface area contributed by atoms with Crippen molar-refractivity contribution in [1.29, 1.82) is 0 Å². The second-order valence-corrected chi connectivity index (χ2v) is 2.21. The summed E-state index contributed by atoms with van der Waals surface area (Å²) in [7, 11) is 1.57. The third kappa shape index (κ3) is 1.59. The van der Waals surface area contributed by atoms with Gasteiger partial charge in [-0.05, 0) is 19.3 Å². The second kappa shape index (κ2) is 2.71. The van der Waals surface area contributed by atoms with E-state index in [1.807, 2.05) is 0 Å². The van der Waals surface area contributed by atoms with Gasteiger partial charge in [0.1, 0.15) is 6.10 Å². The van der Waals surface area contributed by atoms with Gasteiger partial charge in [0, 0.05) is 7.05 Å². The van der Waals surface area contributed by atoms with Gasteiger partial charge in [0.05, 0.1) is 0 Å². The Morgan fingerprint density at radius 2 is 2.33 bits per heavy atom. The van der Waals surface area contributed by atoms with Gasteiger partial charge in [0.2, 0.25) is 0 Å². The number of hydrogen-bond acceptors (Lipinski definition) is 2. The predicted molar refractivity (Wildman–Crippen MR) is 33.2 cm³/mol. The Kier molecular flexibility index (Phi) is 1.92. The highest BCUT2D eigenvalue weighted by molar-refractivity contribution is 5.66. The molecule has 0 aliphatic heterocycles.